The molecule has 0 bridgehead atoms. The Morgan fingerprint density at radius 2 is 2.29 bits per heavy atom. The van der Waals surface area contributed by atoms with E-state index in [1.807, 2.05) is 7.05 Å². The number of benzene rings is 1. The van der Waals surface area contributed by atoms with Gasteiger partial charge in [-0.05, 0) is 44.0 Å². The highest BCUT2D eigenvalue weighted by molar-refractivity contribution is 6.31. The average Bonchev–Trinajstić information content (AvgIpc) is 2.31. The Kier molecular flexibility index (Phi) is 6.04. The molecular formula is C14H17ClFN. The van der Waals surface area contributed by atoms with Crippen LogP contribution in [0, 0.1) is 18.2 Å². The van der Waals surface area contributed by atoms with E-state index < -0.39 is 0 Å². The second-order valence-corrected chi connectivity index (χ2v) is 4.43. The van der Waals surface area contributed by atoms with Crippen molar-refractivity contribution in [1.29, 1.82) is 0 Å². The summed E-state index contributed by atoms with van der Waals surface area (Å²) in [5.74, 6) is 2.33. The Morgan fingerprint density at radius 1 is 1.53 bits per heavy atom. The highest BCUT2D eigenvalue weighted by atomic mass is 35.5. The minimum atomic E-state index is -0.299. The summed E-state index contributed by atoms with van der Waals surface area (Å²) < 4.78 is 12.9. The summed E-state index contributed by atoms with van der Waals surface area (Å²) in [5.41, 5.74) is 0.966. The number of rotatable bonds is 6. The first kappa shape index (κ1) is 14.0. The predicted molar refractivity (Wildman–Crippen MR) is 70.6 cm³/mol. The lowest BCUT2D eigenvalue weighted by Crippen LogP contribution is -2.27. The number of unbranched alkanes of at least 4 members (excludes halogenated alkanes) is 1. The lowest BCUT2D eigenvalue weighted by molar-refractivity contribution is 0.505. The molecule has 1 N–H and O–H groups in total. The number of hydrogen-bond donors (Lipinski definition) is 1. The van der Waals surface area contributed by atoms with Crippen LogP contribution in [0.3, 0.4) is 0 Å². The summed E-state index contributed by atoms with van der Waals surface area (Å²) in [7, 11) is 1.91. The second-order valence-electron chi connectivity index (χ2n) is 4.02. The van der Waals surface area contributed by atoms with Crippen LogP contribution in [0.4, 0.5) is 4.39 Å². The van der Waals surface area contributed by atoms with Gasteiger partial charge in [0, 0.05) is 17.5 Å². The molecule has 0 radical (unpaired) electrons. The van der Waals surface area contributed by atoms with Crippen LogP contribution in [-0.2, 0) is 6.42 Å². The smallest absolute Gasteiger partial charge is 0.124 e. The lowest BCUT2D eigenvalue weighted by atomic mass is 10.0. The van der Waals surface area contributed by atoms with Gasteiger partial charge < -0.3 is 5.32 Å². The Hall–Kier alpha value is -1.04. The molecule has 0 fully saturated rings. The summed E-state index contributed by atoms with van der Waals surface area (Å²) in [4.78, 5) is 0. The molecule has 92 valence electrons. The molecule has 17 heavy (non-hydrogen) atoms. The number of likely N-dealkylation sites (N-methyl/N-ethyl adjacent to an activating group) is 1. The van der Waals surface area contributed by atoms with Crippen molar-refractivity contribution in [1.82, 2.24) is 5.32 Å². The molecule has 3 heteroatoms. The van der Waals surface area contributed by atoms with Crippen LogP contribution in [0.5, 0.6) is 0 Å². The van der Waals surface area contributed by atoms with Crippen molar-refractivity contribution in [2.24, 2.45) is 0 Å². The average molecular weight is 254 g/mol. The molecule has 1 rings (SSSR count). The van der Waals surface area contributed by atoms with Crippen LogP contribution in [-0.4, -0.2) is 13.1 Å². The number of hydrogen-bond acceptors (Lipinski definition) is 1. The summed E-state index contributed by atoms with van der Waals surface area (Å²) in [6.45, 7) is 0. The van der Waals surface area contributed by atoms with Gasteiger partial charge in [-0.2, -0.15) is 0 Å². The molecular weight excluding hydrogens is 237 g/mol. The highest BCUT2D eigenvalue weighted by Gasteiger charge is 2.10. The molecule has 0 aliphatic rings. The normalized spacial score (nSPS) is 12.1. The molecule has 0 aromatic heterocycles. The van der Waals surface area contributed by atoms with E-state index in [0.717, 1.165) is 31.2 Å². The molecule has 1 nitrogen and oxygen atoms in total. The number of terminal acetylenes is 1. The Bertz CT molecular complexity index is 398. The molecule has 0 heterocycles. The summed E-state index contributed by atoms with van der Waals surface area (Å²) in [6, 6.07) is 4.86. The minimum Gasteiger partial charge on any atom is -0.317 e. The van der Waals surface area contributed by atoms with E-state index in [9.17, 15) is 4.39 Å². The van der Waals surface area contributed by atoms with Crippen molar-refractivity contribution in [2.75, 3.05) is 7.05 Å². The highest BCUT2D eigenvalue weighted by Crippen LogP contribution is 2.19. The largest absolute Gasteiger partial charge is 0.317 e. The maximum Gasteiger partial charge on any atom is 0.124 e. The zero-order valence-corrected chi connectivity index (χ0v) is 10.7. The van der Waals surface area contributed by atoms with Gasteiger partial charge in [-0.25, -0.2) is 4.39 Å². The van der Waals surface area contributed by atoms with Gasteiger partial charge in [0.05, 0.1) is 0 Å². The van der Waals surface area contributed by atoms with Crippen LogP contribution < -0.4 is 5.32 Å². The second kappa shape index (κ2) is 7.32. The molecule has 1 atom stereocenters. The Morgan fingerprint density at radius 3 is 2.88 bits per heavy atom. The van der Waals surface area contributed by atoms with Gasteiger partial charge in [0.1, 0.15) is 5.82 Å². The third-order valence-electron chi connectivity index (χ3n) is 2.76. The van der Waals surface area contributed by atoms with Crippen LogP contribution in [0.2, 0.25) is 5.02 Å². The van der Waals surface area contributed by atoms with Gasteiger partial charge in [0.15, 0.2) is 0 Å². The van der Waals surface area contributed by atoms with E-state index in [1.54, 1.807) is 6.07 Å². The van der Waals surface area contributed by atoms with Crippen molar-refractivity contribution >= 4 is 11.6 Å². The molecule has 0 aliphatic heterocycles. The predicted octanol–water partition coefficient (Wildman–Crippen LogP) is 3.41. The fourth-order valence-electron chi connectivity index (χ4n) is 1.75. The van der Waals surface area contributed by atoms with E-state index in [2.05, 4.69) is 11.2 Å². The van der Waals surface area contributed by atoms with Crippen molar-refractivity contribution in [3.8, 4) is 12.3 Å². The zero-order chi connectivity index (χ0) is 12.7. The van der Waals surface area contributed by atoms with Crippen LogP contribution in [0.15, 0.2) is 18.2 Å². The number of halogens is 2. The molecule has 0 amide bonds. The third kappa shape index (κ3) is 4.77. The standard InChI is InChI=1S/C14H17ClFN/c1-3-4-5-6-13(17-2)9-11-7-8-12(16)10-14(11)15/h1,7-8,10,13,17H,4-6,9H2,2H3. The minimum absolute atomic E-state index is 0.299. The Balaban J connectivity index is 2.58. The lowest BCUT2D eigenvalue weighted by Gasteiger charge is -2.16. The molecule has 1 aromatic rings. The van der Waals surface area contributed by atoms with Crippen molar-refractivity contribution in [2.45, 2.75) is 31.7 Å². The molecule has 0 saturated heterocycles. The molecule has 0 saturated carbocycles. The maximum atomic E-state index is 12.9. The molecule has 0 aliphatic carbocycles. The first-order valence-corrected chi connectivity index (χ1v) is 6.09. The van der Waals surface area contributed by atoms with Crippen LogP contribution in [0.25, 0.3) is 0 Å². The Labute approximate surface area is 107 Å². The van der Waals surface area contributed by atoms with Crippen molar-refractivity contribution in [3.05, 3.63) is 34.6 Å². The van der Waals surface area contributed by atoms with E-state index in [1.165, 1.54) is 12.1 Å². The zero-order valence-electron chi connectivity index (χ0n) is 9.97. The SMILES string of the molecule is C#CCCCC(Cc1ccc(F)cc1Cl)NC. The van der Waals surface area contributed by atoms with Gasteiger partial charge >= 0.3 is 0 Å². The maximum absolute atomic E-state index is 12.9. The first-order valence-electron chi connectivity index (χ1n) is 5.72. The van der Waals surface area contributed by atoms with Gasteiger partial charge in [-0.15, -0.1) is 12.3 Å². The fraction of sp³-hybridized carbons (Fsp3) is 0.429. The van der Waals surface area contributed by atoms with Gasteiger partial charge in [0.25, 0.3) is 0 Å². The fourth-order valence-corrected chi connectivity index (χ4v) is 2.00. The quantitative estimate of drug-likeness (QED) is 0.605. The van der Waals surface area contributed by atoms with Crippen molar-refractivity contribution < 1.29 is 4.39 Å². The summed E-state index contributed by atoms with van der Waals surface area (Å²) in [5, 5.41) is 3.72. The van der Waals surface area contributed by atoms with Crippen LogP contribution in [0.1, 0.15) is 24.8 Å². The molecule has 1 aromatic carbocycles. The molecule has 1 unspecified atom stereocenters. The van der Waals surface area contributed by atoms with E-state index >= 15 is 0 Å². The van der Waals surface area contributed by atoms with Crippen molar-refractivity contribution in [3.63, 3.8) is 0 Å². The van der Waals surface area contributed by atoms with E-state index in [0.29, 0.717) is 11.1 Å². The van der Waals surface area contributed by atoms with E-state index in [4.69, 9.17) is 18.0 Å². The van der Waals surface area contributed by atoms with Gasteiger partial charge in [-0.1, -0.05) is 17.7 Å². The first-order chi connectivity index (χ1) is 8.17. The van der Waals surface area contributed by atoms with Gasteiger partial charge in [-0.3, -0.25) is 0 Å². The number of nitrogens with one attached hydrogen (secondary N) is 1. The monoisotopic (exact) mass is 253 g/mol. The van der Waals surface area contributed by atoms with Gasteiger partial charge in [0.2, 0.25) is 0 Å². The van der Waals surface area contributed by atoms with Crippen LogP contribution >= 0.6 is 11.6 Å². The topological polar surface area (TPSA) is 12.0 Å². The summed E-state index contributed by atoms with van der Waals surface area (Å²) >= 11 is 5.99. The third-order valence-corrected chi connectivity index (χ3v) is 3.12. The molecule has 0 spiro atoms. The van der Waals surface area contributed by atoms with E-state index in [-0.39, 0.29) is 5.82 Å². The summed E-state index contributed by atoms with van der Waals surface area (Å²) in [6.07, 6.45) is 8.78.